The van der Waals surface area contributed by atoms with E-state index in [1.54, 1.807) is 0 Å². The lowest BCUT2D eigenvalue weighted by Crippen LogP contribution is -2.10. The Kier molecular flexibility index (Phi) is 3.81. The van der Waals surface area contributed by atoms with Gasteiger partial charge in [-0.3, -0.25) is 4.79 Å². The summed E-state index contributed by atoms with van der Waals surface area (Å²) < 4.78 is 1.84. The first-order chi connectivity index (χ1) is 8.99. The molecule has 0 saturated carbocycles. The highest BCUT2D eigenvalue weighted by atomic mass is 32.1. The van der Waals surface area contributed by atoms with E-state index in [2.05, 4.69) is 0 Å². The SMILES string of the molecule is Cc1ccc(C(=S)c2ccc(CC(=O)O)n2C)cc1. The van der Waals surface area contributed by atoms with Gasteiger partial charge in [0, 0.05) is 12.7 Å². The minimum atomic E-state index is -0.839. The first-order valence-electron chi connectivity index (χ1n) is 5.97. The Morgan fingerprint density at radius 1 is 1.21 bits per heavy atom. The van der Waals surface area contributed by atoms with Gasteiger partial charge in [-0.1, -0.05) is 42.0 Å². The largest absolute Gasteiger partial charge is 0.481 e. The Labute approximate surface area is 117 Å². The van der Waals surface area contributed by atoms with E-state index in [4.69, 9.17) is 17.3 Å². The zero-order valence-corrected chi connectivity index (χ0v) is 11.7. The summed E-state index contributed by atoms with van der Waals surface area (Å²) in [6.07, 6.45) is 0.00696. The zero-order chi connectivity index (χ0) is 14.0. The van der Waals surface area contributed by atoms with Crippen LogP contribution in [0, 0.1) is 6.92 Å². The molecular formula is C15H15NO2S. The number of aromatic nitrogens is 1. The number of aliphatic carboxylic acids is 1. The second-order valence-corrected chi connectivity index (χ2v) is 4.94. The van der Waals surface area contributed by atoms with Crippen molar-refractivity contribution >= 4 is 23.1 Å². The summed E-state index contributed by atoms with van der Waals surface area (Å²) in [5.41, 5.74) is 3.78. The van der Waals surface area contributed by atoms with Crippen LogP contribution in [0.1, 0.15) is 22.5 Å². The van der Waals surface area contributed by atoms with E-state index < -0.39 is 5.97 Å². The Hall–Kier alpha value is -1.94. The van der Waals surface area contributed by atoms with E-state index in [0.29, 0.717) is 0 Å². The predicted octanol–water partition coefficient (Wildman–Crippen LogP) is 2.73. The van der Waals surface area contributed by atoms with E-state index in [1.165, 1.54) is 5.56 Å². The first kappa shape index (κ1) is 13.5. The highest BCUT2D eigenvalue weighted by Gasteiger charge is 2.12. The van der Waals surface area contributed by atoms with Crippen LogP contribution in [0.25, 0.3) is 0 Å². The minimum absolute atomic E-state index is 0.00696. The number of rotatable bonds is 4. The summed E-state index contributed by atoms with van der Waals surface area (Å²) in [4.78, 5) is 11.5. The van der Waals surface area contributed by atoms with Crippen LogP contribution < -0.4 is 0 Å². The van der Waals surface area contributed by atoms with Crippen LogP contribution in [0.4, 0.5) is 0 Å². The van der Waals surface area contributed by atoms with E-state index in [1.807, 2.05) is 54.9 Å². The van der Waals surface area contributed by atoms with Gasteiger partial charge < -0.3 is 9.67 Å². The van der Waals surface area contributed by atoms with Gasteiger partial charge >= 0.3 is 5.97 Å². The van der Waals surface area contributed by atoms with E-state index >= 15 is 0 Å². The second-order valence-electron chi connectivity index (χ2n) is 4.53. The molecule has 1 heterocycles. The average Bonchev–Trinajstić information content (AvgIpc) is 2.70. The molecule has 0 aliphatic heterocycles. The van der Waals surface area contributed by atoms with Crippen LogP contribution in [0.15, 0.2) is 36.4 Å². The van der Waals surface area contributed by atoms with Crippen LogP contribution >= 0.6 is 12.2 Å². The fraction of sp³-hybridized carbons (Fsp3) is 0.200. The lowest BCUT2D eigenvalue weighted by molar-refractivity contribution is -0.136. The summed E-state index contributed by atoms with van der Waals surface area (Å²) in [5.74, 6) is -0.839. The number of carboxylic acids is 1. The van der Waals surface area contributed by atoms with Gasteiger partial charge in [0.15, 0.2) is 0 Å². The van der Waals surface area contributed by atoms with Crippen LogP contribution in [-0.4, -0.2) is 20.5 Å². The maximum Gasteiger partial charge on any atom is 0.309 e. The van der Waals surface area contributed by atoms with Gasteiger partial charge in [0.2, 0.25) is 0 Å². The van der Waals surface area contributed by atoms with Crippen molar-refractivity contribution in [2.75, 3.05) is 0 Å². The number of hydrogen-bond acceptors (Lipinski definition) is 2. The second kappa shape index (κ2) is 5.36. The fourth-order valence-electron chi connectivity index (χ4n) is 1.97. The lowest BCUT2D eigenvalue weighted by Gasteiger charge is -2.08. The van der Waals surface area contributed by atoms with E-state index in [0.717, 1.165) is 21.8 Å². The third-order valence-electron chi connectivity index (χ3n) is 3.10. The lowest BCUT2D eigenvalue weighted by atomic mass is 10.1. The molecule has 0 amide bonds. The number of carbonyl (C=O) groups is 1. The van der Waals surface area contributed by atoms with Crippen molar-refractivity contribution in [3.63, 3.8) is 0 Å². The molecule has 0 fully saturated rings. The van der Waals surface area contributed by atoms with Gasteiger partial charge in [-0.2, -0.15) is 0 Å². The van der Waals surface area contributed by atoms with Crippen LogP contribution in [0.2, 0.25) is 0 Å². The number of benzene rings is 1. The first-order valence-corrected chi connectivity index (χ1v) is 6.37. The molecule has 1 N–H and O–H groups in total. The van der Waals surface area contributed by atoms with Crippen molar-refractivity contribution in [1.29, 1.82) is 0 Å². The molecule has 2 aromatic rings. The maximum atomic E-state index is 10.8. The fourth-order valence-corrected chi connectivity index (χ4v) is 2.31. The van der Waals surface area contributed by atoms with Gasteiger partial charge in [-0.15, -0.1) is 0 Å². The molecule has 0 atom stereocenters. The molecule has 19 heavy (non-hydrogen) atoms. The predicted molar refractivity (Wildman–Crippen MR) is 78.7 cm³/mol. The topological polar surface area (TPSA) is 42.2 Å². The van der Waals surface area contributed by atoms with Crippen LogP contribution in [0.3, 0.4) is 0 Å². The molecule has 4 heteroatoms. The molecule has 3 nitrogen and oxygen atoms in total. The smallest absolute Gasteiger partial charge is 0.309 e. The summed E-state index contributed by atoms with van der Waals surface area (Å²) in [7, 11) is 1.84. The molecule has 1 aromatic carbocycles. The minimum Gasteiger partial charge on any atom is -0.481 e. The molecule has 0 aliphatic rings. The van der Waals surface area contributed by atoms with Crippen LogP contribution in [0.5, 0.6) is 0 Å². The van der Waals surface area contributed by atoms with Crippen LogP contribution in [-0.2, 0) is 18.3 Å². The molecule has 0 unspecified atom stereocenters. The van der Waals surface area contributed by atoms with Crippen molar-refractivity contribution < 1.29 is 9.90 Å². The molecule has 98 valence electrons. The monoisotopic (exact) mass is 273 g/mol. The summed E-state index contributed by atoms with van der Waals surface area (Å²) >= 11 is 5.48. The highest BCUT2D eigenvalue weighted by Crippen LogP contribution is 2.15. The third kappa shape index (κ3) is 2.90. The normalized spacial score (nSPS) is 10.4. The standard InChI is InChI=1S/C15H15NO2S/c1-10-3-5-11(6-4-10)15(19)13-8-7-12(16(13)2)9-14(17)18/h3-8H,9H2,1-2H3,(H,17,18). The molecular weight excluding hydrogens is 258 g/mol. The van der Waals surface area contributed by atoms with Crippen molar-refractivity contribution in [1.82, 2.24) is 4.57 Å². The molecule has 0 bridgehead atoms. The Morgan fingerprint density at radius 3 is 2.42 bits per heavy atom. The highest BCUT2D eigenvalue weighted by molar-refractivity contribution is 7.81. The molecule has 0 aliphatic carbocycles. The van der Waals surface area contributed by atoms with Gasteiger partial charge in [0.25, 0.3) is 0 Å². The third-order valence-corrected chi connectivity index (χ3v) is 3.55. The Bertz CT molecular complexity index is 626. The van der Waals surface area contributed by atoms with E-state index in [9.17, 15) is 4.79 Å². The molecule has 0 saturated heterocycles. The number of carboxylic acid groups (broad SMARTS) is 1. The zero-order valence-electron chi connectivity index (χ0n) is 10.9. The maximum absolute atomic E-state index is 10.8. The van der Waals surface area contributed by atoms with Gasteiger partial charge in [-0.25, -0.2) is 0 Å². The molecule has 0 radical (unpaired) electrons. The molecule has 1 aromatic heterocycles. The number of nitrogens with zero attached hydrogens (tertiary/aromatic N) is 1. The summed E-state index contributed by atoms with van der Waals surface area (Å²) in [6, 6.07) is 11.7. The molecule has 0 spiro atoms. The van der Waals surface area contributed by atoms with E-state index in [-0.39, 0.29) is 6.42 Å². The summed E-state index contributed by atoms with van der Waals surface area (Å²) in [6.45, 7) is 2.03. The summed E-state index contributed by atoms with van der Waals surface area (Å²) in [5, 5.41) is 8.84. The van der Waals surface area contributed by atoms with Gasteiger partial charge in [0.05, 0.1) is 17.0 Å². The van der Waals surface area contributed by atoms with Crippen molar-refractivity contribution in [3.8, 4) is 0 Å². The van der Waals surface area contributed by atoms with Gasteiger partial charge in [0.1, 0.15) is 0 Å². The van der Waals surface area contributed by atoms with Crippen molar-refractivity contribution in [2.24, 2.45) is 7.05 Å². The van der Waals surface area contributed by atoms with Gasteiger partial charge in [-0.05, 0) is 24.6 Å². The quantitative estimate of drug-likeness (QED) is 0.688. The average molecular weight is 273 g/mol. The van der Waals surface area contributed by atoms with Crippen molar-refractivity contribution in [3.05, 3.63) is 58.9 Å². The Morgan fingerprint density at radius 2 is 1.84 bits per heavy atom. The number of thiocarbonyl (C=S) groups is 1. The van der Waals surface area contributed by atoms with Crippen molar-refractivity contribution in [2.45, 2.75) is 13.3 Å². The number of hydrogen-bond donors (Lipinski definition) is 1. The molecule has 2 rings (SSSR count). The Balaban J connectivity index is 2.32. The number of aryl methyl sites for hydroxylation is 1.